The van der Waals surface area contributed by atoms with Crippen molar-refractivity contribution in [2.24, 2.45) is 0 Å². The van der Waals surface area contributed by atoms with Crippen molar-refractivity contribution in [2.75, 3.05) is 0 Å². The maximum Gasteiger partial charge on any atom is 0.111 e. The van der Waals surface area contributed by atoms with Gasteiger partial charge in [-0.15, -0.1) is 0 Å². The highest BCUT2D eigenvalue weighted by molar-refractivity contribution is 9.10. The standard InChI is InChI=1S/C15H19BrN2O/c1-3-15(19,10-12-8-6-5-7-9-12)14-13(16)11-17-18(14)4-2/h5-9,11,19H,3-4,10H2,1-2H3. The SMILES string of the molecule is CCn1ncc(Br)c1C(O)(CC)Cc1ccccc1. The zero-order valence-electron chi connectivity index (χ0n) is 11.3. The molecular formula is C15H19BrN2O. The van der Waals surface area contributed by atoms with Crippen molar-refractivity contribution in [3.8, 4) is 0 Å². The number of hydrogen-bond acceptors (Lipinski definition) is 2. The first-order chi connectivity index (χ1) is 9.10. The lowest BCUT2D eigenvalue weighted by atomic mass is 9.88. The molecule has 3 nitrogen and oxygen atoms in total. The lowest BCUT2D eigenvalue weighted by molar-refractivity contribution is 0.0229. The summed E-state index contributed by atoms with van der Waals surface area (Å²) in [7, 11) is 0. The largest absolute Gasteiger partial charge is 0.383 e. The lowest BCUT2D eigenvalue weighted by Crippen LogP contribution is -2.31. The van der Waals surface area contributed by atoms with Gasteiger partial charge >= 0.3 is 0 Å². The maximum absolute atomic E-state index is 11.0. The van der Waals surface area contributed by atoms with Crippen molar-refractivity contribution >= 4 is 15.9 Å². The van der Waals surface area contributed by atoms with Gasteiger partial charge in [0, 0.05) is 13.0 Å². The molecular weight excluding hydrogens is 304 g/mol. The van der Waals surface area contributed by atoms with E-state index in [9.17, 15) is 5.11 Å². The van der Waals surface area contributed by atoms with Crippen LogP contribution in [0.2, 0.25) is 0 Å². The first kappa shape index (κ1) is 14.3. The van der Waals surface area contributed by atoms with Crippen LogP contribution >= 0.6 is 15.9 Å². The summed E-state index contributed by atoms with van der Waals surface area (Å²) < 4.78 is 2.73. The van der Waals surface area contributed by atoms with Gasteiger partial charge in [0.05, 0.1) is 16.4 Å². The monoisotopic (exact) mass is 322 g/mol. The third kappa shape index (κ3) is 2.90. The van der Waals surface area contributed by atoms with Crippen LogP contribution in [0, 0.1) is 0 Å². The number of rotatable bonds is 5. The molecule has 0 amide bonds. The van der Waals surface area contributed by atoms with Crippen molar-refractivity contribution in [1.82, 2.24) is 9.78 Å². The molecule has 0 fully saturated rings. The topological polar surface area (TPSA) is 38.0 Å². The highest BCUT2D eigenvalue weighted by Crippen LogP contribution is 2.34. The van der Waals surface area contributed by atoms with Crippen molar-refractivity contribution < 1.29 is 5.11 Å². The van der Waals surface area contributed by atoms with Gasteiger partial charge in [0.1, 0.15) is 5.60 Å². The molecule has 1 atom stereocenters. The fourth-order valence-electron chi connectivity index (χ4n) is 2.37. The smallest absolute Gasteiger partial charge is 0.111 e. The van der Waals surface area contributed by atoms with Gasteiger partial charge in [-0.05, 0) is 34.8 Å². The number of aryl methyl sites for hydroxylation is 1. The summed E-state index contributed by atoms with van der Waals surface area (Å²) in [4.78, 5) is 0. The second-order valence-corrected chi connectivity index (χ2v) is 5.56. The van der Waals surface area contributed by atoms with E-state index in [0.29, 0.717) is 12.8 Å². The Bertz CT molecular complexity index is 538. The van der Waals surface area contributed by atoms with Crippen molar-refractivity contribution in [2.45, 2.75) is 38.8 Å². The molecule has 102 valence electrons. The Morgan fingerprint density at radius 3 is 2.53 bits per heavy atom. The average Bonchev–Trinajstić information content (AvgIpc) is 2.81. The van der Waals surface area contributed by atoms with E-state index >= 15 is 0 Å². The third-order valence-corrected chi connectivity index (χ3v) is 4.04. The average molecular weight is 323 g/mol. The number of benzene rings is 1. The van der Waals surface area contributed by atoms with Crippen molar-refractivity contribution in [3.63, 3.8) is 0 Å². The van der Waals surface area contributed by atoms with E-state index in [1.165, 1.54) is 0 Å². The summed E-state index contributed by atoms with van der Waals surface area (Å²) >= 11 is 3.50. The van der Waals surface area contributed by atoms with Gasteiger partial charge in [-0.2, -0.15) is 5.10 Å². The molecule has 0 aliphatic carbocycles. The Kier molecular flexibility index (Phi) is 4.42. The molecule has 0 saturated carbocycles. The molecule has 0 aliphatic heterocycles. The molecule has 1 N–H and O–H groups in total. The van der Waals surface area contributed by atoms with Crippen LogP contribution in [0.3, 0.4) is 0 Å². The van der Waals surface area contributed by atoms with Crippen LogP contribution < -0.4 is 0 Å². The van der Waals surface area contributed by atoms with E-state index < -0.39 is 5.60 Å². The third-order valence-electron chi connectivity index (χ3n) is 3.46. The van der Waals surface area contributed by atoms with E-state index in [1.54, 1.807) is 6.20 Å². The van der Waals surface area contributed by atoms with Crippen molar-refractivity contribution in [3.05, 3.63) is 52.3 Å². The molecule has 1 heterocycles. The van der Waals surface area contributed by atoms with E-state index in [0.717, 1.165) is 22.3 Å². The quantitative estimate of drug-likeness (QED) is 0.914. The van der Waals surface area contributed by atoms with Crippen LogP contribution in [-0.2, 0) is 18.6 Å². The van der Waals surface area contributed by atoms with Crippen LogP contribution in [0.5, 0.6) is 0 Å². The maximum atomic E-state index is 11.0. The predicted molar refractivity (Wildman–Crippen MR) is 79.9 cm³/mol. The minimum absolute atomic E-state index is 0.592. The zero-order valence-corrected chi connectivity index (χ0v) is 12.9. The fourth-order valence-corrected chi connectivity index (χ4v) is 3.04. The number of halogens is 1. The molecule has 0 aliphatic rings. The highest BCUT2D eigenvalue weighted by atomic mass is 79.9. The van der Waals surface area contributed by atoms with E-state index in [4.69, 9.17) is 0 Å². The van der Waals surface area contributed by atoms with Gasteiger partial charge in [0.2, 0.25) is 0 Å². The first-order valence-corrected chi connectivity index (χ1v) is 7.38. The summed E-state index contributed by atoms with van der Waals surface area (Å²) in [5.74, 6) is 0. The van der Waals surface area contributed by atoms with Gasteiger partial charge in [0.25, 0.3) is 0 Å². The van der Waals surface area contributed by atoms with Gasteiger partial charge in [0.15, 0.2) is 0 Å². The van der Waals surface area contributed by atoms with Crippen LogP contribution in [0.1, 0.15) is 31.5 Å². The number of nitrogens with zero attached hydrogens (tertiary/aromatic N) is 2. The molecule has 1 aromatic heterocycles. The molecule has 0 bridgehead atoms. The van der Waals surface area contributed by atoms with Crippen molar-refractivity contribution in [1.29, 1.82) is 0 Å². The highest BCUT2D eigenvalue weighted by Gasteiger charge is 2.33. The van der Waals surface area contributed by atoms with E-state index in [2.05, 4.69) is 21.0 Å². The van der Waals surface area contributed by atoms with Gasteiger partial charge in [-0.25, -0.2) is 0 Å². The Labute approximate surface area is 122 Å². The summed E-state index contributed by atoms with van der Waals surface area (Å²) in [6, 6.07) is 10.1. The lowest BCUT2D eigenvalue weighted by Gasteiger charge is -2.28. The second-order valence-electron chi connectivity index (χ2n) is 4.70. The van der Waals surface area contributed by atoms with Crippen LogP contribution in [0.4, 0.5) is 0 Å². The van der Waals surface area contributed by atoms with Gasteiger partial charge < -0.3 is 5.11 Å². The molecule has 1 unspecified atom stereocenters. The minimum atomic E-state index is -0.896. The molecule has 4 heteroatoms. The Morgan fingerprint density at radius 1 is 1.26 bits per heavy atom. The summed E-state index contributed by atoms with van der Waals surface area (Å²) in [6.07, 6.45) is 2.99. The molecule has 2 rings (SSSR count). The predicted octanol–water partition coefficient (Wildman–Crippen LogP) is 3.51. The Morgan fingerprint density at radius 2 is 1.95 bits per heavy atom. The minimum Gasteiger partial charge on any atom is -0.383 e. The Balaban J connectivity index is 2.39. The molecule has 0 spiro atoms. The summed E-state index contributed by atoms with van der Waals surface area (Å²) in [6.45, 7) is 4.78. The normalized spacial score (nSPS) is 14.3. The molecule has 0 saturated heterocycles. The van der Waals surface area contributed by atoms with Crippen LogP contribution in [0.25, 0.3) is 0 Å². The molecule has 19 heavy (non-hydrogen) atoms. The van der Waals surface area contributed by atoms with Crippen LogP contribution in [0.15, 0.2) is 41.0 Å². The van der Waals surface area contributed by atoms with E-state index in [-0.39, 0.29) is 0 Å². The number of aliphatic hydroxyl groups is 1. The summed E-state index contributed by atoms with van der Waals surface area (Å²) in [5.41, 5.74) is 1.09. The number of aromatic nitrogens is 2. The van der Waals surface area contributed by atoms with E-state index in [1.807, 2.05) is 48.9 Å². The molecule has 2 aromatic rings. The van der Waals surface area contributed by atoms with Gasteiger partial charge in [-0.1, -0.05) is 37.3 Å². The molecule has 0 radical (unpaired) electrons. The number of hydrogen-bond donors (Lipinski definition) is 1. The van der Waals surface area contributed by atoms with Gasteiger partial charge in [-0.3, -0.25) is 4.68 Å². The Hall–Kier alpha value is -1.13. The zero-order chi connectivity index (χ0) is 13.9. The van der Waals surface area contributed by atoms with Crippen LogP contribution in [-0.4, -0.2) is 14.9 Å². The summed E-state index contributed by atoms with van der Waals surface area (Å²) in [5, 5.41) is 15.3. The first-order valence-electron chi connectivity index (χ1n) is 6.58. The second kappa shape index (κ2) is 5.88. The molecule has 1 aromatic carbocycles. The fraction of sp³-hybridized carbons (Fsp3) is 0.400.